The Morgan fingerprint density at radius 3 is 2.58 bits per heavy atom. The Bertz CT molecular complexity index is 340. The maximum atomic E-state index is 10.7. The summed E-state index contributed by atoms with van der Waals surface area (Å²) in [4.78, 5) is 10.7. The van der Waals surface area contributed by atoms with Crippen LogP contribution in [0.25, 0.3) is 0 Å². The summed E-state index contributed by atoms with van der Waals surface area (Å²) in [5, 5.41) is 9.19. The van der Waals surface area contributed by atoms with Crippen molar-refractivity contribution in [2.45, 2.75) is 0 Å². The van der Waals surface area contributed by atoms with E-state index >= 15 is 0 Å². The number of carboxylic acid groups (broad SMARTS) is 1. The average molecular weight is 361 g/mol. The number of hydrogen-bond acceptors (Lipinski definition) is 1. The van der Waals surface area contributed by atoms with Crippen molar-refractivity contribution >= 4 is 56.1 Å². The summed E-state index contributed by atoms with van der Waals surface area (Å²) < 4.78 is 1.10. The van der Waals surface area contributed by atoms with E-state index in [1.165, 1.54) is 0 Å². The number of halogens is 3. The number of benzene rings is 1. The number of aromatic carboxylic acids is 1. The third-order valence-corrected chi connectivity index (χ3v) is 3.52. The van der Waals surface area contributed by atoms with E-state index in [2.05, 4.69) is 15.9 Å². The van der Waals surface area contributed by atoms with Crippen LogP contribution in [0, 0.1) is 3.57 Å². The SMILES string of the molecule is O=C(O)c1c(I)ccc(Cl)c1Br. The van der Waals surface area contributed by atoms with E-state index in [1.807, 2.05) is 22.6 Å². The molecule has 1 N–H and O–H groups in total. The van der Waals surface area contributed by atoms with Crippen molar-refractivity contribution in [3.05, 3.63) is 30.8 Å². The van der Waals surface area contributed by atoms with E-state index in [1.54, 1.807) is 12.1 Å². The highest BCUT2D eigenvalue weighted by Crippen LogP contribution is 2.29. The first kappa shape index (κ1) is 10.3. The highest BCUT2D eigenvalue weighted by Gasteiger charge is 2.14. The number of hydrogen-bond donors (Lipinski definition) is 1. The van der Waals surface area contributed by atoms with Gasteiger partial charge < -0.3 is 5.11 Å². The van der Waals surface area contributed by atoms with E-state index < -0.39 is 5.97 Å². The summed E-state index contributed by atoms with van der Waals surface area (Å²) in [5.74, 6) is -0.978. The first-order chi connectivity index (χ1) is 5.54. The molecular weight excluding hydrogens is 358 g/mol. The zero-order valence-corrected chi connectivity index (χ0v) is 10.1. The van der Waals surface area contributed by atoms with Gasteiger partial charge in [-0.05, 0) is 50.7 Å². The second-order valence-electron chi connectivity index (χ2n) is 2.02. The Morgan fingerprint density at radius 2 is 2.17 bits per heavy atom. The molecule has 0 unspecified atom stereocenters. The van der Waals surface area contributed by atoms with Gasteiger partial charge in [-0.2, -0.15) is 0 Å². The molecule has 0 aromatic heterocycles. The molecule has 2 nitrogen and oxygen atoms in total. The van der Waals surface area contributed by atoms with E-state index in [9.17, 15) is 4.79 Å². The van der Waals surface area contributed by atoms with Crippen molar-refractivity contribution in [2.24, 2.45) is 0 Å². The minimum Gasteiger partial charge on any atom is -0.478 e. The van der Waals surface area contributed by atoms with E-state index in [-0.39, 0.29) is 5.56 Å². The molecule has 0 heterocycles. The zero-order valence-electron chi connectivity index (χ0n) is 5.64. The van der Waals surface area contributed by atoms with Crippen molar-refractivity contribution in [3.63, 3.8) is 0 Å². The smallest absolute Gasteiger partial charge is 0.337 e. The molecule has 1 aromatic rings. The van der Waals surface area contributed by atoms with Gasteiger partial charge in [0.1, 0.15) is 0 Å². The van der Waals surface area contributed by atoms with Crippen LogP contribution in [0.5, 0.6) is 0 Å². The maximum absolute atomic E-state index is 10.7. The zero-order chi connectivity index (χ0) is 9.30. The van der Waals surface area contributed by atoms with E-state index in [4.69, 9.17) is 16.7 Å². The van der Waals surface area contributed by atoms with Crippen LogP contribution in [0.15, 0.2) is 16.6 Å². The van der Waals surface area contributed by atoms with Crippen LogP contribution >= 0.6 is 50.1 Å². The largest absolute Gasteiger partial charge is 0.478 e. The fourth-order valence-corrected chi connectivity index (χ4v) is 2.45. The molecule has 12 heavy (non-hydrogen) atoms. The van der Waals surface area contributed by atoms with Gasteiger partial charge in [-0.3, -0.25) is 0 Å². The van der Waals surface area contributed by atoms with Crippen LogP contribution < -0.4 is 0 Å². The van der Waals surface area contributed by atoms with Gasteiger partial charge in [0, 0.05) is 3.57 Å². The van der Waals surface area contributed by atoms with Gasteiger partial charge in [0.05, 0.1) is 15.1 Å². The lowest BCUT2D eigenvalue weighted by molar-refractivity contribution is 0.0694. The predicted octanol–water partition coefficient (Wildman–Crippen LogP) is 3.41. The van der Waals surface area contributed by atoms with Gasteiger partial charge in [0.25, 0.3) is 0 Å². The second-order valence-corrected chi connectivity index (χ2v) is 4.39. The standard InChI is InChI=1S/C7H3BrClIO2/c8-6-3(9)1-2-4(10)5(6)7(11)12/h1-2H,(H,11,12). The summed E-state index contributed by atoms with van der Waals surface area (Å²) in [6, 6.07) is 3.32. The Morgan fingerprint density at radius 1 is 1.58 bits per heavy atom. The molecule has 5 heteroatoms. The van der Waals surface area contributed by atoms with Gasteiger partial charge in [0.2, 0.25) is 0 Å². The highest BCUT2D eigenvalue weighted by molar-refractivity contribution is 14.1. The summed E-state index contributed by atoms with van der Waals surface area (Å²) in [7, 11) is 0. The third kappa shape index (κ3) is 1.92. The molecule has 0 fully saturated rings. The molecule has 0 atom stereocenters. The minimum absolute atomic E-state index is 0.211. The topological polar surface area (TPSA) is 37.3 Å². The first-order valence-corrected chi connectivity index (χ1v) is 5.16. The average Bonchev–Trinajstić information content (AvgIpc) is 1.97. The molecule has 0 bridgehead atoms. The lowest BCUT2D eigenvalue weighted by Gasteiger charge is -2.02. The maximum Gasteiger partial charge on any atom is 0.337 e. The van der Waals surface area contributed by atoms with Gasteiger partial charge in [0.15, 0.2) is 0 Å². The Labute approximate surface area is 96.2 Å². The lowest BCUT2D eigenvalue weighted by Crippen LogP contribution is -2.01. The third-order valence-electron chi connectivity index (χ3n) is 1.26. The van der Waals surface area contributed by atoms with Gasteiger partial charge >= 0.3 is 5.97 Å². The normalized spacial score (nSPS) is 9.92. The predicted molar refractivity (Wildman–Crippen MR) is 58.8 cm³/mol. The summed E-state index contributed by atoms with van der Waals surface area (Å²) >= 11 is 10.8. The quantitative estimate of drug-likeness (QED) is 0.615. The van der Waals surface area contributed by atoms with Crippen LogP contribution in [0.3, 0.4) is 0 Å². The molecule has 0 spiro atoms. The molecule has 0 saturated heterocycles. The number of carboxylic acids is 1. The van der Waals surface area contributed by atoms with Crippen molar-refractivity contribution in [2.75, 3.05) is 0 Å². The fourth-order valence-electron chi connectivity index (χ4n) is 0.723. The van der Waals surface area contributed by atoms with Crippen molar-refractivity contribution in [1.29, 1.82) is 0 Å². The van der Waals surface area contributed by atoms with Crippen molar-refractivity contribution in [3.8, 4) is 0 Å². The van der Waals surface area contributed by atoms with E-state index in [0.29, 0.717) is 13.1 Å². The second kappa shape index (κ2) is 3.93. The van der Waals surface area contributed by atoms with Gasteiger partial charge in [-0.1, -0.05) is 11.6 Å². The molecule has 0 saturated carbocycles. The monoisotopic (exact) mass is 360 g/mol. The summed E-state index contributed by atoms with van der Waals surface area (Å²) in [5.41, 5.74) is 0.211. The van der Waals surface area contributed by atoms with Crippen LogP contribution in [0.1, 0.15) is 10.4 Å². The summed E-state index contributed by atoms with van der Waals surface area (Å²) in [6.07, 6.45) is 0. The molecule has 0 aliphatic carbocycles. The molecule has 0 amide bonds. The molecule has 0 radical (unpaired) electrons. The minimum atomic E-state index is -0.978. The molecule has 1 rings (SSSR count). The number of carbonyl (C=O) groups is 1. The molecule has 0 aliphatic rings. The Kier molecular flexibility index (Phi) is 3.37. The van der Waals surface area contributed by atoms with Crippen molar-refractivity contribution in [1.82, 2.24) is 0 Å². The van der Waals surface area contributed by atoms with Crippen LogP contribution in [0.4, 0.5) is 0 Å². The molecule has 64 valence electrons. The van der Waals surface area contributed by atoms with Crippen LogP contribution in [-0.2, 0) is 0 Å². The first-order valence-electron chi connectivity index (χ1n) is 2.91. The molecule has 1 aromatic carbocycles. The van der Waals surface area contributed by atoms with Gasteiger partial charge in [-0.15, -0.1) is 0 Å². The molecular formula is C7H3BrClIO2. The van der Waals surface area contributed by atoms with Crippen LogP contribution in [0.2, 0.25) is 5.02 Å². The van der Waals surface area contributed by atoms with E-state index in [0.717, 1.165) is 0 Å². The Hall–Kier alpha value is 0.190. The van der Waals surface area contributed by atoms with Gasteiger partial charge in [-0.25, -0.2) is 4.79 Å². The summed E-state index contributed by atoms with van der Waals surface area (Å²) in [6.45, 7) is 0. The number of rotatable bonds is 1. The Balaban J connectivity index is 3.43. The highest BCUT2D eigenvalue weighted by atomic mass is 127. The lowest BCUT2D eigenvalue weighted by atomic mass is 10.2. The van der Waals surface area contributed by atoms with Crippen molar-refractivity contribution < 1.29 is 9.90 Å². The van der Waals surface area contributed by atoms with Crippen LogP contribution in [-0.4, -0.2) is 11.1 Å². The molecule has 0 aliphatic heterocycles. The fraction of sp³-hybridized carbons (Fsp3) is 0.